The number of nitrogens with zero attached hydrogens (tertiary/aromatic N) is 4. The standard InChI is InChI=1S/C20H21ClN4O2/c1-14-11-18(21)25-19(22-14)12-17(23-25)16-7-9-24(10-8-16)20(26)27-13-15-5-3-2-4-6-15/h2-6,11-12,16H,7-10,13H2,1H3. The first-order valence-electron chi connectivity index (χ1n) is 9.08. The van der Waals surface area contributed by atoms with Crippen LogP contribution in [0.3, 0.4) is 0 Å². The molecular formula is C20H21ClN4O2. The molecule has 0 atom stereocenters. The minimum Gasteiger partial charge on any atom is -0.445 e. The van der Waals surface area contributed by atoms with Crippen molar-refractivity contribution in [3.63, 3.8) is 0 Å². The molecule has 140 valence electrons. The van der Waals surface area contributed by atoms with E-state index < -0.39 is 0 Å². The Morgan fingerprint density at radius 1 is 1.22 bits per heavy atom. The lowest BCUT2D eigenvalue weighted by Gasteiger charge is -2.30. The zero-order valence-corrected chi connectivity index (χ0v) is 15.9. The zero-order valence-electron chi connectivity index (χ0n) is 15.1. The van der Waals surface area contributed by atoms with E-state index in [1.165, 1.54) is 0 Å². The van der Waals surface area contributed by atoms with Gasteiger partial charge in [-0.3, -0.25) is 0 Å². The highest BCUT2D eigenvalue weighted by Crippen LogP contribution is 2.28. The van der Waals surface area contributed by atoms with E-state index in [1.807, 2.05) is 43.3 Å². The minimum absolute atomic E-state index is 0.257. The van der Waals surface area contributed by atoms with Crippen molar-refractivity contribution in [3.05, 3.63) is 64.6 Å². The molecule has 1 amide bonds. The first kappa shape index (κ1) is 17.8. The van der Waals surface area contributed by atoms with Crippen molar-refractivity contribution in [1.82, 2.24) is 19.5 Å². The van der Waals surface area contributed by atoms with Crippen molar-refractivity contribution in [2.45, 2.75) is 32.3 Å². The smallest absolute Gasteiger partial charge is 0.410 e. The number of aryl methyl sites for hydroxylation is 1. The predicted octanol–water partition coefficient (Wildman–Crippen LogP) is 4.21. The summed E-state index contributed by atoms with van der Waals surface area (Å²) in [7, 11) is 0. The van der Waals surface area contributed by atoms with Crippen LogP contribution in [0.25, 0.3) is 5.65 Å². The summed E-state index contributed by atoms with van der Waals surface area (Å²) >= 11 is 6.26. The average molecular weight is 385 g/mol. The van der Waals surface area contributed by atoms with E-state index in [2.05, 4.69) is 10.1 Å². The van der Waals surface area contributed by atoms with Crippen LogP contribution >= 0.6 is 11.6 Å². The molecule has 2 aromatic heterocycles. The van der Waals surface area contributed by atoms with E-state index in [9.17, 15) is 4.79 Å². The second-order valence-corrected chi connectivity index (χ2v) is 7.25. The van der Waals surface area contributed by atoms with Crippen molar-refractivity contribution in [2.24, 2.45) is 0 Å². The van der Waals surface area contributed by atoms with Gasteiger partial charge < -0.3 is 9.64 Å². The fourth-order valence-corrected chi connectivity index (χ4v) is 3.72. The van der Waals surface area contributed by atoms with Gasteiger partial charge in [0.15, 0.2) is 5.65 Å². The maximum atomic E-state index is 12.3. The Hall–Kier alpha value is -2.60. The molecule has 27 heavy (non-hydrogen) atoms. The lowest BCUT2D eigenvalue weighted by Crippen LogP contribution is -2.38. The van der Waals surface area contributed by atoms with E-state index >= 15 is 0 Å². The van der Waals surface area contributed by atoms with E-state index in [1.54, 1.807) is 15.5 Å². The van der Waals surface area contributed by atoms with Gasteiger partial charge in [-0.2, -0.15) is 5.10 Å². The molecule has 0 saturated carbocycles. The summed E-state index contributed by atoms with van der Waals surface area (Å²) in [5, 5.41) is 5.17. The predicted molar refractivity (Wildman–Crippen MR) is 103 cm³/mol. The summed E-state index contributed by atoms with van der Waals surface area (Å²) in [6.45, 7) is 3.53. The molecule has 0 spiro atoms. The van der Waals surface area contributed by atoms with Gasteiger partial charge in [0.1, 0.15) is 11.8 Å². The average Bonchev–Trinajstić information content (AvgIpc) is 3.11. The van der Waals surface area contributed by atoms with Gasteiger partial charge in [-0.15, -0.1) is 0 Å². The number of aromatic nitrogens is 3. The molecule has 0 N–H and O–H groups in total. The van der Waals surface area contributed by atoms with Gasteiger partial charge in [0.05, 0.1) is 5.69 Å². The molecule has 3 aromatic rings. The van der Waals surface area contributed by atoms with E-state index in [0.29, 0.717) is 30.8 Å². The quantitative estimate of drug-likeness (QED) is 0.635. The summed E-state index contributed by atoms with van der Waals surface area (Å²) in [6, 6.07) is 13.5. The van der Waals surface area contributed by atoms with Gasteiger partial charge in [-0.1, -0.05) is 41.9 Å². The Morgan fingerprint density at radius 3 is 2.70 bits per heavy atom. The molecule has 0 unspecified atom stereocenters. The number of rotatable bonds is 3. The van der Waals surface area contributed by atoms with Gasteiger partial charge in [-0.05, 0) is 31.4 Å². The molecule has 0 radical (unpaired) electrons. The van der Waals surface area contributed by atoms with Crippen molar-refractivity contribution in [3.8, 4) is 0 Å². The number of likely N-dealkylation sites (tertiary alicyclic amines) is 1. The number of benzene rings is 1. The number of ether oxygens (including phenoxy) is 1. The highest BCUT2D eigenvalue weighted by Gasteiger charge is 2.26. The molecule has 7 heteroatoms. The van der Waals surface area contributed by atoms with Gasteiger partial charge >= 0.3 is 6.09 Å². The van der Waals surface area contributed by atoms with Crippen LogP contribution in [-0.2, 0) is 11.3 Å². The third-order valence-electron chi connectivity index (χ3n) is 4.91. The Kier molecular flexibility index (Phi) is 4.99. The van der Waals surface area contributed by atoms with Crippen LogP contribution < -0.4 is 0 Å². The maximum Gasteiger partial charge on any atom is 0.410 e. The number of piperidine rings is 1. The maximum absolute atomic E-state index is 12.3. The van der Waals surface area contributed by atoms with Crippen LogP contribution in [0.15, 0.2) is 42.5 Å². The topological polar surface area (TPSA) is 59.7 Å². The monoisotopic (exact) mass is 384 g/mol. The molecule has 1 saturated heterocycles. The van der Waals surface area contributed by atoms with Crippen LogP contribution in [0.1, 0.15) is 35.7 Å². The summed E-state index contributed by atoms with van der Waals surface area (Å²) in [5.41, 5.74) is 3.60. The number of hydrogen-bond donors (Lipinski definition) is 0. The molecular weight excluding hydrogens is 364 g/mol. The van der Waals surface area contributed by atoms with E-state index in [0.717, 1.165) is 35.4 Å². The summed E-state index contributed by atoms with van der Waals surface area (Å²) < 4.78 is 7.10. The normalized spacial score (nSPS) is 15.3. The number of halogens is 1. The third kappa shape index (κ3) is 3.90. The van der Waals surface area contributed by atoms with Gasteiger partial charge in [-0.25, -0.2) is 14.3 Å². The van der Waals surface area contributed by atoms with E-state index in [4.69, 9.17) is 16.3 Å². The highest BCUT2D eigenvalue weighted by atomic mass is 35.5. The number of fused-ring (bicyclic) bond motifs is 1. The molecule has 3 heterocycles. The van der Waals surface area contributed by atoms with E-state index in [-0.39, 0.29) is 6.09 Å². The molecule has 0 aliphatic carbocycles. The Balaban J connectivity index is 1.36. The van der Waals surface area contributed by atoms with Crippen molar-refractivity contribution < 1.29 is 9.53 Å². The molecule has 1 aromatic carbocycles. The fourth-order valence-electron chi connectivity index (χ4n) is 3.44. The van der Waals surface area contributed by atoms with Gasteiger partial charge in [0, 0.05) is 30.8 Å². The molecule has 0 bridgehead atoms. The lowest BCUT2D eigenvalue weighted by molar-refractivity contribution is 0.0868. The lowest BCUT2D eigenvalue weighted by atomic mass is 9.94. The molecule has 6 nitrogen and oxygen atoms in total. The fraction of sp³-hybridized carbons (Fsp3) is 0.350. The molecule has 1 aliphatic heterocycles. The second-order valence-electron chi connectivity index (χ2n) is 6.86. The van der Waals surface area contributed by atoms with Crippen LogP contribution in [0.4, 0.5) is 4.79 Å². The Bertz CT molecular complexity index is 949. The Morgan fingerprint density at radius 2 is 1.96 bits per heavy atom. The summed E-state index contributed by atoms with van der Waals surface area (Å²) in [6.07, 6.45) is 1.44. The minimum atomic E-state index is -0.257. The first-order valence-corrected chi connectivity index (χ1v) is 9.46. The number of amides is 1. The second kappa shape index (κ2) is 7.56. The number of carbonyl (C=O) groups is 1. The number of carbonyl (C=O) groups excluding carboxylic acids is 1. The summed E-state index contributed by atoms with van der Waals surface area (Å²) in [4.78, 5) is 18.5. The van der Waals surface area contributed by atoms with Gasteiger partial charge in [0.2, 0.25) is 0 Å². The third-order valence-corrected chi connectivity index (χ3v) is 5.18. The van der Waals surface area contributed by atoms with Crippen LogP contribution in [0.5, 0.6) is 0 Å². The first-order chi connectivity index (χ1) is 13.1. The number of hydrogen-bond acceptors (Lipinski definition) is 4. The van der Waals surface area contributed by atoms with Crippen molar-refractivity contribution in [2.75, 3.05) is 13.1 Å². The van der Waals surface area contributed by atoms with Crippen molar-refractivity contribution in [1.29, 1.82) is 0 Å². The largest absolute Gasteiger partial charge is 0.445 e. The summed E-state index contributed by atoms with van der Waals surface area (Å²) in [5.74, 6) is 0.293. The van der Waals surface area contributed by atoms with Crippen LogP contribution in [0, 0.1) is 6.92 Å². The van der Waals surface area contributed by atoms with Crippen LogP contribution in [0.2, 0.25) is 5.15 Å². The van der Waals surface area contributed by atoms with Gasteiger partial charge in [0.25, 0.3) is 0 Å². The molecule has 1 aliphatic rings. The van der Waals surface area contributed by atoms with Crippen molar-refractivity contribution >= 4 is 23.3 Å². The SMILES string of the molecule is Cc1cc(Cl)n2nc(C3CCN(C(=O)OCc4ccccc4)CC3)cc2n1. The van der Waals surface area contributed by atoms with Crippen LogP contribution in [-0.4, -0.2) is 38.7 Å². The highest BCUT2D eigenvalue weighted by molar-refractivity contribution is 6.29. The Labute approximate surface area is 162 Å². The zero-order chi connectivity index (χ0) is 18.8. The molecule has 4 rings (SSSR count). The molecule has 1 fully saturated rings.